The van der Waals surface area contributed by atoms with Crippen LogP contribution in [0.3, 0.4) is 0 Å². The summed E-state index contributed by atoms with van der Waals surface area (Å²) in [7, 11) is 3.16. The van der Waals surface area contributed by atoms with Crippen molar-refractivity contribution in [3.05, 3.63) is 47.2 Å². The molecule has 1 aromatic carbocycles. The molecule has 0 aliphatic heterocycles. The van der Waals surface area contributed by atoms with Gasteiger partial charge in [0, 0.05) is 17.8 Å². The van der Waals surface area contributed by atoms with E-state index in [0.717, 1.165) is 16.2 Å². The first-order valence-corrected chi connectivity index (χ1v) is 7.96. The molecule has 0 fully saturated rings. The third-order valence-electron chi connectivity index (χ3n) is 3.42. The minimum atomic E-state index is -0.0615. The van der Waals surface area contributed by atoms with E-state index in [-0.39, 0.29) is 12.3 Å². The molecule has 0 aliphatic carbocycles. The van der Waals surface area contributed by atoms with Crippen LogP contribution in [0.2, 0.25) is 0 Å². The second kappa shape index (κ2) is 6.70. The molecule has 0 radical (unpaired) electrons. The number of nitrogens with one attached hydrogen (secondary N) is 1. The van der Waals surface area contributed by atoms with E-state index in [1.54, 1.807) is 31.6 Å². The number of amides is 1. The van der Waals surface area contributed by atoms with Gasteiger partial charge in [0.25, 0.3) is 0 Å². The monoisotopic (exact) mass is 331 g/mol. The lowest BCUT2D eigenvalue weighted by molar-refractivity contribution is -0.120. The fraction of sp³-hybridized carbons (Fsp3) is 0.250. The van der Waals surface area contributed by atoms with Gasteiger partial charge in [-0.15, -0.1) is 11.3 Å². The molecule has 23 heavy (non-hydrogen) atoms. The number of thiazole rings is 1. The third-order valence-corrected chi connectivity index (χ3v) is 4.19. The van der Waals surface area contributed by atoms with Crippen molar-refractivity contribution in [2.75, 3.05) is 14.2 Å². The van der Waals surface area contributed by atoms with E-state index in [0.29, 0.717) is 18.0 Å². The van der Waals surface area contributed by atoms with Gasteiger partial charge >= 0.3 is 0 Å². The zero-order chi connectivity index (χ0) is 16.2. The molecule has 0 saturated carbocycles. The van der Waals surface area contributed by atoms with E-state index in [9.17, 15) is 4.79 Å². The number of imidazole rings is 1. The summed E-state index contributed by atoms with van der Waals surface area (Å²) >= 11 is 1.57. The van der Waals surface area contributed by atoms with Crippen LogP contribution in [0.15, 0.2) is 36.0 Å². The molecule has 2 aromatic heterocycles. The number of nitrogens with zero attached hydrogens (tertiary/aromatic N) is 2. The number of aromatic nitrogens is 2. The predicted octanol–water partition coefficient (Wildman–Crippen LogP) is 2.27. The molecule has 1 amide bonds. The van der Waals surface area contributed by atoms with Crippen molar-refractivity contribution >= 4 is 22.2 Å². The molecule has 3 rings (SSSR count). The molecule has 6 nitrogen and oxygen atoms in total. The highest BCUT2D eigenvalue weighted by Gasteiger charge is 2.09. The van der Waals surface area contributed by atoms with Crippen LogP contribution in [-0.2, 0) is 17.8 Å². The van der Waals surface area contributed by atoms with E-state index >= 15 is 0 Å². The molecular weight excluding hydrogens is 314 g/mol. The van der Waals surface area contributed by atoms with Crippen LogP contribution in [0.25, 0.3) is 4.96 Å². The highest BCUT2D eigenvalue weighted by Crippen LogP contribution is 2.27. The molecule has 0 bridgehead atoms. The van der Waals surface area contributed by atoms with Crippen LogP contribution in [0.4, 0.5) is 0 Å². The Bertz CT molecular complexity index is 796. The van der Waals surface area contributed by atoms with Crippen molar-refractivity contribution in [2.45, 2.75) is 13.0 Å². The van der Waals surface area contributed by atoms with Crippen molar-refractivity contribution in [3.63, 3.8) is 0 Å². The fourth-order valence-corrected chi connectivity index (χ4v) is 3.01. The smallest absolute Gasteiger partial charge is 0.224 e. The lowest BCUT2D eigenvalue weighted by atomic mass is 10.1. The zero-order valence-corrected chi connectivity index (χ0v) is 13.7. The summed E-state index contributed by atoms with van der Waals surface area (Å²) in [5.41, 5.74) is 1.71. The summed E-state index contributed by atoms with van der Waals surface area (Å²) in [6.07, 6.45) is 4.15. The van der Waals surface area contributed by atoms with Gasteiger partial charge in [-0.1, -0.05) is 6.07 Å². The molecule has 3 aromatic rings. The molecule has 2 heterocycles. The number of hydrogen-bond donors (Lipinski definition) is 1. The van der Waals surface area contributed by atoms with Gasteiger partial charge in [0.15, 0.2) is 16.5 Å². The van der Waals surface area contributed by atoms with Crippen molar-refractivity contribution in [2.24, 2.45) is 0 Å². The Kier molecular flexibility index (Phi) is 4.47. The van der Waals surface area contributed by atoms with Gasteiger partial charge in [-0.05, 0) is 17.7 Å². The predicted molar refractivity (Wildman–Crippen MR) is 88.2 cm³/mol. The van der Waals surface area contributed by atoms with Gasteiger partial charge in [0.1, 0.15) is 0 Å². The van der Waals surface area contributed by atoms with Crippen molar-refractivity contribution in [1.82, 2.24) is 14.7 Å². The second-order valence-corrected chi connectivity index (χ2v) is 5.84. The highest BCUT2D eigenvalue weighted by molar-refractivity contribution is 7.15. The number of carbonyl (C=O) groups is 1. The van der Waals surface area contributed by atoms with Gasteiger partial charge in [-0.2, -0.15) is 0 Å². The number of fused-ring (bicyclic) bond motifs is 1. The lowest BCUT2D eigenvalue weighted by Gasteiger charge is -2.09. The van der Waals surface area contributed by atoms with Crippen LogP contribution in [0, 0.1) is 0 Å². The maximum Gasteiger partial charge on any atom is 0.224 e. The van der Waals surface area contributed by atoms with Crippen LogP contribution in [0.1, 0.15) is 11.3 Å². The normalized spacial score (nSPS) is 10.7. The lowest BCUT2D eigenvalue weighted by Crippen LogP contribution is -2.24. The van der Waals surface area contributed by atoms with Crippen LogP contribution >= 0.6 is 11.3 Å². The first-order valence-electron chi connectivity index (χ1n) is 7.08. The molecule has 0 saturated heterocycles. The quantitative estimate of drug-likeness (QED) is 0.752. The first kappa shape index (κ1) is 15.4. The van der Waals surface area contributed by atoms with E-state index in [1.165, 1.54) is 0 Å². The Morgan fingerprint density at radius 3 is 2.87 bits per heavy atom. The first-order chi connectivity index (χ1) is 11.2. The highest BCUT2D eigenvalue weighted by atomic mass is 32.1. The topological polar surface area (TPSA) is 64.9 Å². The molecule has 0 unspecified atom stereocenters. The Morgan fingerprint density at radius 1 is 1.30 bits per heavy atom. The van der Waals surface area contributed by atoms with Crippen LogP contribution in [-0.4, -0.2) is 29.5 Å². The van der Waals surface area contributed by atoms with E-state index in [1.807, 2.05) is 34.3 Å². The van der Waals surface area contributed by atoms with E-state index in [2.05, 4.69) is 10.3 Å². The van der Waals surface area contributed by atoms with Crippen LogP contribution < -0.4 is 14.8 Å². The van der Waals surface area contributed by atoms with Crippen molar-refractivity contribution < 1.29 is 14.3 Å². The van der Waals surface area contributed by atoms with Crippen LogP contribution in [0.5, 0.6) is 11.5 Å². The zero-order valence-electron chi connectivity index (χ0n) is 12.9. The average molecular weight is 331 g/mol. The Balaban J connectivity index is 1.59. The number of methoxy groups -OCH3 is 2. The van der Waals surface area contributed by atoms with Gasteiger partial charge in [0.2, 0.25) is 5.91 Å². The number of hydrogen-bond acceptors (Lipinski definition) is 5. The fourth-order valence-electron chi connectivity index (χ4n) is 2.29. The summed E-state index contributed by atoms with van der Waals surface area (Å²) in [5, 5.41) is 4.86. The van der Waals surface area contributed by atoms with Gasteiger partial charge < -0.3 is 14.8 Å². The summed E-state index contributed by atoms with van der Waals surface area (Å²) in [4.78, 5) is 17.4. The summed E-state index contributed by atoms with van der Waals surface area (Å²) in [5.74, 6) is 1.20. The SMILES string of the molecule is COc1ccc(CC(=O)NCc2cn3ccsc3n2)cc1OC. The number of benzene rings is 1. The van der Waals surface area contributed by atoms with Crippen molar-refractivity contribution in [3.8, 4) is 11.5 Å². The molecule has 1 N–H and O–H groups in total. The standard InChI is InChI=1S/C16H17N3O3S/c1-21-13-4-3-11(7-14(13)22-2)8-15(20)17-9-12-10-19-5-6-23-16(19)18-12/h3-7,10H,8-9H2,1-2H3,(H,17,20). The van der Waals surface area contributed by atoms with Gasteiger partial charge in [-0.25, -0.2) is 4.98 Å². The molecule has 0 atom stereocenters. The summed E-state index contributed by atoms with van der Waals surface area (Å²) < 4.78 is 12.4. The van der Waals surface area contributed by atoms with E-state index < -0.39 is 0 Å². The second-order valence-electron chi connectivity index (χ2n) is 4.97. The maximum atomic E-state index is 12.1. The number of carbonyl (C=O) groups excluding carboxylic acids is 1. The molecule has 0 spiro atoms. The Hall–Kier alpha value is -2.54. The molecular formula is C16H17N3O3S. The third kappa shape index (κ3) is 3.45. The largest absolute Gasteiger partial charge is 0.493 e. The maximum absolute atomic E-state index is 12.1. The van der Waals surface area contributed by atoms with Gasteiger partial charge in [0.05, 0.1) is 32.9 Å². The Labute approximate surface area is 137 Å². The minimum absolute atomic E-state index is 0.0615. The number of rotatable bonds is 6. The molecule has 7 heteroatoms. The number of ether oxygens (including phenoxy) is 2. The van der Waals surface area contributed by atoms with Crippen molar-refractivity contribution in [1.29, 1.82) is 0 Å². The molecule has 120 valence electrons. The summed E-state index contributed by atoms with van der Waals surface area (Å²) in [6.45, 7) is 0.417. The van der Waals surface area contributed by atoms with Gasteiger partial charge in [-0.3, -0.25) is 9.20 Å². The Morgan fingerprint density at radius 2 is 2.13 bits per heavy atom. The average Bonchev–Trinajstić information content (AvgIpc) is 3.14. The van der Waals surface area contributed by atoms with E-state index in [4.69, 9.17) is 9.47 Å². The summed E-state index contributed by atoms with van der Waals surface area (Å²) in [6, 6.07) is 5.46. The minimum Gasteiger partial charge on any atom is -0.493 e. The molecule has 0 aliphatic rings.